The summed E-state index contributed by atoms with van der Waals surface area (Å²) in [7, 11) is 1.61. The van der Waals surface area contributed by atoms with Crippen molar-refractivity contribution in [2.75, 3.05) is 13.7 Å². The fraction of sp³-hybridized carbons (Fsp3) is 0.333. The maximum Gasteiger partial charge on any atom is 0.140 e. The van der Waals surface area contributed by atoms with Crippen LogP contribution in [0, 0.1) is 0 Å². The fourth-order valence-corrected chi connectivity index (χ4v) is 3.20. The number of hydrogen-bond donors (Lipinski definition) is 1. The van der Waals surface area contributed by atoms with Gasteiger partial charge >= 0.3 is 0 Å². The first kappa shape index (κ1) is 15.9. The van der Waals surface area contributed by atoms with E-state index in [4.69, 9.17) is 16.3 Å². The molecule has 1 unspecified atom stereocenters. The van der Waals surface area contributed by atoms with E-state index >= 15 is 0 Å². The molecule has 2 aromatic heterocycles. The summed E-state index contributed by atoms with van der Waals surface area (Å²) < 4.78 is 8.14. The van der Waals surface area contributed by atoms with Gasteiger partial charge in [-0.3, -0.25) is 9.67 Å². The zero-order valence-electron chi connectivity index (χ0n) is 10.6. The first-order chi connectivity index (χ1) is 9.54. The van der Waals surface area contributed by atoms with Crippen LogP contribution < -0.4 is 0 Å². The summed E-state index contributed by atoms with van der Waals surface area (Å²) in [5, 5.41) is 15.1. The molecule has 0 aliphatic heterocycles. The number of hydrogen-bond acceptors (Lipinski definition) is 4. The van der Waals surface area contributed by atoms with Gasteiger partial charge in [-0.25, -0.2) is 0 Å². The van der Waals surface area contributed by atoms with E-state index in [1.54, 1.807) is 18.0 Å². The van der Waals surface area contributed by atoms with Crippen LogP contribution in [0.1, 0.15) is 17.5 Å². The molecular formula is C12H12Br2ClN3O2. The molecule has 0 saturated heterocycles. The molecule has 2 rings (SSSR count). The second kappa shape index (κ2) is 7.00. The molecule has 0 amide bonds. The monoisotopic (exact) mass is 423 g/mol. The minimum atomic E-state index is -0.968. The summed E-state index contributed by atoms with van der Waals surface area (Å²) in [5.74, 6) is 0. The van der Waals surface area contributed by atoms with E-state index in [2.05, 4.69) is 41.9 Å². The molecule has 0 bridgehead atoms. The van der Waals surface area contributed by atoms with E-state index in [-0.39, 0.29) is 0 Å². The van der Waals surface area contributed by atoms with Crippen molar-refractivity contribution in [1.82, 2.24) is 14.8 Å². The van der Waals surface area contributed by atoms with E-state index in [9.17, 15) is 5.11 Å². The largest absolute Gasteiger partial charge is 0.383 e. The lowest BCUT2D eigenvalue weighted by Gasteiger charge is -2.15. The van der Waals surface area contributed by atoms with Crippen molar-refractivity contribution in [2.24, 2.45) is 0 Å². The molecule has 0 fully saturated rings. The van der Waals surface area contributed by atoms with Gasteiger partial charge in [0.05, 0.1) is 35.8 Å². The van der Waals surface area contributed by atoms with Crippen molar-refractivity contribution in [1.29, 1.82) is 0 Å². The molecule has 20 heavy (non-hydrogen) atoms. The molecule has 0 spiro atoms. The average Bonchev–Trinajstić information content (AvgIpc) is 2.77. The van der Waals surface area contributed by atoms with Crippen molar-refractivity contribution in [3.8, 4) is 0 Å². The molecule has 0 aromatic carbocycles. The highest BCUT2D eigenvalue weighted by Gasteiger charge is 2.23. The number of nitrogens with zero attached hydrogens (tertiary/aromatic N) is 3. The topological polar surface area (TPSA) is 60.2 Å². The van der Waals surface area contributed by atoms with Gasteiger partial charge in [-0.1, -0.05) is 11.6 Å². The molecular weight excluding hydrogens is 413 g/mol. The molecule has 0 saturated carbocycles. The Labute approximate surface area is 138 Å². The van der Waals surface area contributed by atoms with E-state index in [1.807, 2.05) is 6.07 Å². The molecule has 1 N–H and O–H groups in total. The summed E-state index contributed by atoms with van der Waals surface area (Å²) in [6, 6.07) is 1.81. The standard InChI is InChI=1S/C12H12Br2ClN3O2/c1-20-3-2-18-11(9(15)6-17-18)12(19)10-8(14)4-7(13)5-16-10/h4-6,12,19H,2-3H2,1H3. The van der Waals surface area contributed by atoms with Gasteiger partial charge in [0.2, 0.25) is 0 Å². The summed E-state index contributed by atoms with van der Waals surface area (Å²) in [6.07, 6.45) is 2.15. The van der Waals surface area contributed by atoms with Crippen LogP contribution in [0.3, 0.4) is 0 Å². The quantitative estimate of drug-likeness (QED) is 0.799. The van der Waals surface area contributed by atoms with Crippen LogP contribution in [0.15, 0.2) is 27.4 Å². The van der Waals surface area contributed by atoms with E-state index in [0.29, 0.717) is 34.0 Å². The summed E-state index contributed by atoms with van der Waals surface area (Å²) in [4.78, 5) is 4.22. The Balaban J connectivity index is 2.37. The highest BCUT2D eigenvalue weighted by Crippen LogP contribution is 2.32. The Kier molecular flexibility index (Phi) is 5.57. The molecule has 108 valence electrons. The highest BCUT2D eigenvalue weighted by molar-refractivity contribution is 9.11. The van der Waals surface area contributed by atoms with Crippen LogP contribution in [0.5, 0.6) is 0 Å². The number of ether oxygens (including phenoxy) is 1. The number of aliphatic hydroxyl groups is 1. The second-order valence-electron chi connectivity index (χ2n) is 4.02. The predicted octanol–water partition coefficient (Wildman–Crippen LogP) is 3.18. The van der Waals surface area contributed by atoms with E-state index in [1.165, 1.54) is 6.20 Å². The lowest BCUT2D eigenvalue weighted by molar-refractivity contribution is 0.170. The van der Waals surface area contributed by atoms with Crippen molar-refractivity contribution in [3.63, 3.8) is 0 Å². The van der Waals surface area contributed by atoms with Gasteiger partial charge in [0.25, 0.3) is 0 Å². The first-order valence-electron chi connectivity index (χ1n) is 5.73. The van der Waals surface area contributed by atoms with Gasteiger partial charge in [0.15, 0.2) is 0 Å². The van der Waals surface area contributed by atoms with Crippen molar-refractivity contribution >= 4 is 43.5 Å². The molecule has 0 radical (unpaired) electrons. The normalized spacial score (nSPS) is 12.7. The Morgan fingerprint density at radius 2 is 2.20 bits per heavy atom. The maximum atomic E-state index is 10.5. The van der Waals surface area contributed by atoms with Crippen molar-refractivity contribution in [2.45, 2.75) is 12.6 Å². The number of aliphatic hydroxyl groups excluding tert-OH is 1. The number of aromatic nitrogens is 3. The van der Waals surface area contributed by atoms with Gasteiger partial charge in [-0.2, -0.15) is 5.10 Å². The van der Waals surface area contributed by atoms with Gasteiger partial charge in [-0.15, -0.1) is 0 Å². The molecule has 8 heteroatoms. The highest BCUT2D eigenvalue weighted by atomic mass is 79.9. The lowest BCUT2D eigenvalue weighted by atomic mass is 10.1. The van der Waals surface area contributed by atoms with Crippen LogP contribution in [0.25, 0.3) is 0 Å². The molecule has 0 aliphatic carbocycles. The third kappa shape index (κ3) is 3.40. The average molecular weight is 426 g/mol. The number of halogens is 3. The number of rotatable bonds is 5. The minimum absolute atomic E-state index is 0.394. The fourth-order valence-electron chi connectivity index (χ4n) is 1.76. The second-order valence-corrected chi connectivity index (χ2v) is 6.19. The number of methoxy groups -OCH3 is 1. The van der Waals surface area contributed by atoms with Gasteiger partial charge in [0.1, 0.15) is 6.10 Å². The third-order valence-electron chi connectivity index (χ3n) is 2.69. The summed E-state index contributed by atoms with van der Waals surface area (Å²) in [5.41, 5.74) is 0.980. The van der Waals surface area contributed by atoms with Gasteiger partial charge in [-0.05, 0) is 37.9 Å². The zero-order valence-corrected chi connectivity index (χ0v) is 14.5. The molecule has 5 nitrogen and oxygen atoms in total. The van der Waals surface area contributed by atoms with Crippen LogP contribution in [-0.4, -0.2) is 33.6 Å². The van der Waals surface area contributed by atoms with Crippen LogP contribution in [-0.2, 0) is 11.3 Å². The molecule has 0 aliphatic rings. The van der Waals surface area contributed by atoms with E-state index < -0.39 is 6.10 Å². The van der Waals surface area contributed by atoms with Crippen LogP contribution in [0.4, 0.5) is 0 Å². The summed E-state index contributed by atoms with van der Waals surface area (Å²) in [6.45, 7) is 0.983. The van der Waals surface area contributed by atoms with Crippen LogP contribution >= 0.6 is 43.5 Å². The third-order valence-corrected chi connectivity index (χ3v) is 4.05. The van der Waals surface area contributed by atoms with E-state index in [0.717, 1.165) is 4.47 Å². The first-order valence-corrected chi connectivity index (χ1v) is 7.70. The molecule has 1 atom stereocenters. The van der Waals surface area contributed by atoms with Gasteiger partial charge < -0.3 is 9.84 Å². The smallest absolute Gasteiger partial charge is 0.140 e. The SMILES string of the molecule is COCCn1ncc(Cl)c1C(O)c1ncc(Br)cc1Br. The predicted molar refractivity (Wildman–Crippen MR) is 82.8 cm³/mol. The molecule has 2 aromatic rings. The Morgan fingerprint density at radius 1 is 1.45 bits per heavy atom. The van der Waals surface area contributed by atoms with Crippen molar-refractivity contribution in [3.05, 3.63) is 43.8 Å². The Hall–Kier alpha value is -0.470. The Morgan fingerprint density at radius 3 is 2.85 bits per heavy atom. The van der Waals surface area contributed by atoms with Crippen LogP contribution in [0.2, 0.25) is 5.02 Å². The maximum absolute atomic E-state index is 10.5. The number of pyridine rings is 1. The van der Waals surface area contributed by atoms with Crippen molar-refractivity contribution < 1.29 is 9.84 Å². The van der Waals surface area contributed by atoms with Gasteiger partial charge in [0, 0.05) is 22.3 Å². The minimum Gasteiger partial charge on any atom is -0.383 e. The zero-order chi connectivity index (χ0) is 14.7. The summed E-state index contributed by atoms with van der Waals surface area (Å²) >= 11 is 12.8. The molecule has 2 heterocycles. The lowest BCUT2D eigenvalue weighted by Crippen LogP contribution is -2.14. The Bertz CT molecular complexity index is 606.